The van der Waals surface area contributed by atoms with Crippen LogP contribution in [-0.2, 0) is 10.8 Å². The SMILES string of the molecule is CN1CC[C@]23c4ccccc4N=C1[C@]21CCN(C)[C@@H]3Nc2ccccc21. The van der Waals surface area contributed by atoms with Gasteiger partial charge in [-0.25, -0.2) is 4.99 Å². The maximum atomic E-state index is 5.26. The van der Waals surface area contributed by atoms with E-state index in [0.29, 0.717) is 6.17 Å². The highest BCUT2D eigenvalue weighted by Gasteiger charge is 2.69. The molecule has 0 spiro atoms. The van der Waals surface area contributed by atoms with Crippen LogP contribution in [0.15, 0.2) is 53.5 Å². The Kier molecular flexibility index (Phi) is 2.67. The number of nitrogens with zero attached hydrogens (tertiary/aromatic N) is 3. The fourth-order valence-corrected chi connectivity index (χ4v) is 6.36. The van der Waals surface area contributed by atoms with E-state index >= 15 is 0 Å². The molecule has 0 aromatic heterocycles. The van der Waals surface area contributed by atoms with E-state index in [1.54, 1.807) is 0 Å². The normalized spacial score (nSPS) is 34.2. The summed E-state index contributed by atoms with van der Waals surface area (Å²) in [6, 6.07) is 17.8. The van der Waals surface area contributed by atoms with Crippen LogP contribution in [0.25, 0.3) is 0 Å². The third-order valence-corrected chi connectivity index (χ3v) is 7.38. The molecule has 0 amide bonds. The van der Waals surface area contributed by atoms with Crippen molar-refractivity contribution < 1.29 is 0 Å². The maximum absolute atomic E-state index is 5.26. The molecule has 2 aromatic carbocycles. The molecule has 0 aliphatic carbocycles. The number of fused-ring (bicyclic) bond motifs is 2. The highest BCUT2D eigenvalue weighted by atomic mass is 15.3. The molecule has 0 radical (unpaired) electrons. The molecule has 0 unspecified atom stereocenters. The van der Waals surface area contributed by atoms with Crippen LogP contribution in [0, 0.1) is 0 Å². The monoisotopic (exact) mass is 344 g/mol. The minimum atomic E-state index is -0.0344. The van der Waals surface area contributed by atoms with Crippen LogP contribution in [0.5, 0.6) is 0 Å². The van der Waals surface area contributed by atoms with Gasteiger partial charge in [0, 0.05) is 31.2 Å². The lowest BCUT2D eigenvalue weighted by Crippen LogP contribution is -2.77. The number of likely N-dealkylation sites (N-methyl/N-ethyl adjacent to an activating group) is 2. The van der Waals surface area contributed by atoms with E-state index in [4.69, 9.17) is 4.99 Å². The number of likely N-dealkylation sites (tertiary alicyclic amines) is 2. The van der Waals surface area contributed by atoms with Crippen LogP contribution in [0.4, 0.5) is 11.4 Å². The average molecular weight is 344 g/mol. The van der Waals surface area contributed by atoms with Crippen molar-refractivity contribution in [2.45, 2.75) is 29.8 Å². The summed E-state index contributed by atoms with van der Waals surface area (Å²) < 4.78 is 0. The molecule has 1 N–H and O–H groups in total. The summed E-state index contributed by atoms with van der Waals surface area (Å²) in [4.78, 5) is 10.2. The third-order valence-electron chi connectivity index (χ3n) is 7.38. The first-order valence-corrected chi connectivity index (χ1v) is 9.65. The van der Waals surface area contributed by atoms with Gasteiger partial charge in [-0.2, -0.15) is 0 Å². The number of anilines is 1. The Bertz CT molecular complexity index is 951. The Balaban J connectivity index is 1.78. The topological polar surface area (TPSA) is 30.9 Å². The van der Waals surface area contributed by atoms with Gasteiger partial charge in [-0.3, -0.25) is 4.90 Å². The van der Waals surface area contributed by atoms with E-state index < -0.39 is 0 Å². The third kappa shape index (κ3) is 1.42. The van der Waals surface area contributed by atoms with Gasteiger partial charge < -0.3 is 10.2 Å². The number of benzene rings is 2. The van der Waals surface area contributed by atoms with Gasteiger partial charge in [-0.1, -0.05) is 36.4 Å². The zero-order valence-electron chi connectivity index (χ0n) is 15.4. The van der Waals surface area contributed by atoms with Gasteiger partial charge in [-0.15, -0.1) is 0 Å². The van der Waals surface area contributed by atoms with Crippen LogP contribution < -0.4 is 5.32 Å². The number of nitrogens with one attached hydrogen (secondary N) is 1. The van der Waals surface area contributed by atoms with Crippen LogP contribution in [0.3, 0.4) is 0 Å². The molecule has 0 saturated carbocycles. The lowest BCUT2D eigenvalue weighted by molar-refractivity contribution is 0.0209. The first-order valence-electron chi connectivity index (χ1n) is 9.65. The molecular weight excluding hydrogens is 320 g/mol. The van der Waals surface area contributed by atoms with Crippen LogP contribution in [-0.4, -0.2) is 49.0 Å². The molecule has 4 aliphatic heterocycles. The minimum absolute atomic E-state index is 0.0344. The van der Waals surface area contributed by atoms with Gasteiger partial charge in [0.1, 0.15) is 5.84 Å². The molecule has 4 heterocycles. The molecule has 4 aliphatic rings. The standard InChI is InChI=1S/C22H24N4/c1-25-13-11-22-16-8-4-5-9-17(16)23-19(25)21(22)12-14-26(2)20(22)24-18-10-6-3-7-15(18)21/h3-10,19,23H,11-14H2,1-2H3/t19-,21+,22+/m0/s1. The number of para-hydroxylation sites is 2. The Morgan fingerprint density at radius 1 is 0.962 bits per heavy atom. The fraction of sp³-hybridized carbons (Fsp3) is 0.409. The number of piperidine rings is 2. The largest absolute Gasteiger partial charge is 0.369 e. The molecule has 26 heavy (non-hydrogen) atoms. The van der Waals surface area contributed by atoms with Crippen molar-refractivity contribution in [1.29, 1.82) is 0 Å². The van der Waals surface area contributed by atoms with Gasteiger partial charge in [-0.05, 0) is 43.1 Å². The predicted molar refractivity (Wildman–Crippen MR) is 105 cm³/mol. The zero-order valence-corrected chi connectivity index (χ0v) is 15.4. The summed E-state index contributed by atoms with van der Waals surface area (Å²) in [7, 11) is 4.50. The van der Waals surface area contributed by atoms with E-state index in [2.05, 4.69) is 77.7 Å². The van der Waals surface area contributed by atoms with Crippen molar-refractivity contribution in [1.82, 2.24) is 9.80 Å². The van der Waals surface area contributed by atoms with Crippen molar-refractivity contribution in [3.8, 4) is 0 Å². The summed E-state index contributed by atoms with van der Waals surface area (Å²) >= 11 is 0. The number of hydrogen-bond acceptors (Lipinski definition) is 4. The average Bonchev–Trinajstić information content (AvgIpc) is 2.67. The van der Waals surface area contributed by atoms with Gasteiger partial charge >= 0.3 is 0 Å². The quantitative estimate of drug-likeness (QED) is 0.795. The number of amidine groups is 1. The molecule has 6 rings (SSSR count). The summed E-state index contributed by atoms with van der Waals surface area (Å²) in [6.07, 6.45) is 2.57. The number of aliphatic imine (C=N–C) groups is 1. The Morgan fingerprint density at radius 2 is 1.73 bits per heavy atom. The van der Waals surface area contributed by atoms with Crippen LogP contribution in [0.1, 0.15) is 24.0 Å². The Labute approximate surface area is 154 Å². The summed E-state index contributed by atoms with van der Waals surface area (Å²) in [5.41, 5.74) is 5.30. The highest BCUT2D eigenvalue weighted by molar-refractivity contribution is 6.02. The van der Waals surface area contributed by atoms with E-state index in [-0.39, 0.29) is 10.8 Å². The second-order valence-corrected chi connectivity index (χ2v) is 8.32. The molecule has 132 valence electrons. The number of rotatable bonds is 0. The smallest absolute Gasteiger partial charge is 0.116 e. The van der Waals surface area contributed by atoms with Crippen LogP contribution in [0.2, 0.25) is 0 Å². The first-order chi connectivity index (χ1) is 12.7. The zero-order chi connectivity index (χ0) is 17.5. The van der Waals surface area contributed by atoms with Gasteiger partial charge in [0.2, 0.25) is 0 Å². The molecule has 4 bridgehead atoms. The van der Waals surface area contributed by atoms with Crippen LogP contribution >= 0.6 is 0 Å². The predicted octanol–water partition coefficient (Wildman–Crippen LogP) is 3.33. The minimum Gasteiger partial charge on any atom is -0.369 e. The van der Waals surface area contributed by atoms with Gasteiger partial charge in [0.15, 0.2) is 0 Å². The molecular formula is C22H24N4. The number of hydrogen-bond donors (Lipinski definition) is 1. The van der Waals surface area contributed by atoms with Crippen molar-refractivity contribution in [3.63, 3.8) is 0 Å². The van der Waals surface area contributed by atoms with E-state index in [1.807, 2.05) is 0 Å². The first kappa shape index (κ1) is 14.8. The summed E-state index contributed by atoms with van der Waals surface area (Å²) in [5, 5.41) is 3.93. The van der Waals surface area contributed by atoms with Crippen molar-refractivity contribution >= 4 is 17.2 Å². The summed E-state index contributed by atoms with van der Waals surface area (Å²) in [5.74, 6) is 1.27. The fourth-order valence-electron chi connectivity index (χ4n) is 6.36. The molecule has 3 atom stereocenters. The molecule has 4 heteroatoms. The van der Waals surface area contributed by atoms with E-state index in [1.165, 1.54) is 22.6 Å². The van der Waals surface area contributed by atoms with Crippen molar-refractivity contribution in [2.24, 2.45) is 4.99 Å². The second-order valence-electron chi connectivity index (χ2n) is 8.32. The van der Waals surface area contributed by atoms with Crippen molar-refractivity contribution in [3.05, 3.63) is 59.7 Å². The molecule has 2 fully saturated rings. The summed E-state index contributed by atoms with van der Waals surface area (Å²) in [6.45, 7) is 2.14. The highest BCUT2D eigenvalue weighted by Crippen LogP contribution is 2.64. The second kappa shape index (κ2) is 4.68. The maximum Gasteiger partial charge on any atom is 0.116 e. The lowest BCUT2D eigenvalue weighted by atomic mass is 9.46. The van der Waals surface area contributed by atoms with Gasteiger partial charge in [0.05, 0.1) is 17.3 Å². The molecule has 2 aromatic rings. The van der Waals surface area contributed by atoms with E-state index in [9.17, 15) is 0 Å². The molecule has 2 saturated heterocycles. The Hall–Kier alpha value is -2.33. The lowest BCUT2D eigenvalue weighted by Gasteiger charge is -2.68. The van der Waals surface area contributed by atoms with E-state index in [0.717, 1.165) is 31.6 Å². The molecule has 4 nitrogen and oxygen atoms in total. The van der Waals surface area contributed by atoms with Crippen molar-refractivity contribution in [2.75, 3.05) is 32.5 Å². The Morgan fingerprint density at radius 3 is 2.62 bits per heavy atom. The van der Waals surface area contributed by atoms with Gasteiger partial charge in [0.25, 0.3) is 0 Å².